The Morgan fingerprint density at radius 3 is 3.07 bits per heavy atom. The normalized spacial score (nSPS) is 19.5. The summed E-state index contributed by atoms with van der Waals surface area (Å²) >= 11 is 0. The van der Waals surface area contributed by atoms with E-state index in [0.29, 0.717) is 5.56 Å². The summed E-state index contributed by atoms with van der Waals surface area (Å²) in [5.74, 6) is -0.263. The van der Waals surface area contributed by atoms with Gasteiger partial charge in [-0.15, -0.1) is 0 Å². The lowest BCUT2D eigenvalue weighted by atomic mass is 9.85. The molecule has 3 heteroatoms. The van der Waals surface area contributed by atoms with E-state index in [4.69, 9.17) is 10.5 Å². The molecule has 1 atom stereocenters. The molecule has 0 spiro atoms. The van der Waals surface area contributed by atoms with Crippen LogP contribution in [0.1, 0.15) is 40.4 Å². The molecule has 2 rings (SSSR count). The van der Waals surface area contributed by atoms with Gasteiger partial charge in [0.15, 0.2) is 0 Å². The summed E-state index contributed by atoms with van der Waals surface area (Å²) in [7, 11) is 1.41. The van der Waals surface area contributed by atoms with Crippen molar-refractivity contribution < 1.29 is 9.53 Å². The predicted octanol–water partition coefficient (Wildman–Crippen LogP) is 1.81. The van der Waals surface area contributed by atoms with E-state index in [1.807, 2.05) is 18.2 Å². The number of rotatable bonds is 1. The molecule has 0 saturated carbocycles. The third-order valence-corrected chi connectivity index (χ3v) is 2.96. The maximum atomic E-state index is 11.5. The number of benzene rings is 1. The molecule has 1 aromatic carbocycles. The average Bonchev–Trinajstić information content (AvgIpc) is 2.28. The van der Waals surface area contributed by atoms with Crippen molar-refractivity contribution in [1.29, 1.82) is 0 Å². The van der Waals surface area contributed by atoms with Crippen molar-refractivity contribution in [3.05, 3.63) is 34.9 Å². The Bertz CT molecular complexity index is 387. The molecule has 0 radical (unpaired) electrons. The van der Waals surface area contributed by atoms with Gasteiger partial charge in [-0.05, 0) is 36.5 Å². The number of hydrogen-bond acceptors (Lipinski definition) is 3. The summed E-state index contributed by atoms with van der Waals surface area (Å²) in [6.45, 7) is 0. The molecule has 1 aliphatic carbocycles. The van der Waals surface area contributed by atoms with Crippen molar-refractivity contribution in [1.82, 2.24) is 0 Å². The predicted molar refractivity (Wildman–Crippen MR) is 57.6 cm³/mol. The molecule has 0 aliphatic heterocycles. The first-order valence-corrected chi connectivity index (χ1v) is 5.19. The van der Waals surface area contributed by atoms with Crippen molar-refractivity contribution in [2.45, 2.75) is 25.3 Å². The minimum atomic E-state index is -0.263. The van der Waals surface area contributed by atoms with Crippen LogP contribution in [0.5, 0.6) is 0 Å². The zero-order valence-corrected chi connectivity index (χ0v) is 8.82. The number of nitrogens with two attached hydrogens (primary N) is 1. The van der Waals surface area contributed by atoms with E-state index >= 15 is 0 Å². The van der Waals surface area contributed by atoms with Gasteiger partial charge in [0, 0.05) is 6.04 Å². The minimum absolute atomic E-state index is 0.0679. The molecule has 0 amide bonds. The van der Waals surface area contributed by atoms with Crippen molar-refractivity contribution in [2.75, 3.05) is 7.11 Å². The molecular formula is C12H15NO2. The van der Waals surface area contributed by atoms with Crippen LogP contribution in [0.15, 0.2) is 18.2 Å². The smallest absolute Gasteiger partial charge is 0.338 e. The molecule has 15 heavy (non-hydrogen) atoms. The highest BCUT2D eigenvalue weighted by molar-refractivity contribution is 5.91. The lowest BCUT2D eigenvalue weighted by Crippen LogP contribution is -2.20. The summed E-state index contributed by atoms with van der Waals surface area (Å²) in [5.41, 5.74) is 8.85. The van der Waals surface area contributed by atoms with Crippen molar-refractivity contribution >= 4 is 5.97 Å². The van der Waals surface area contributed by atoms with E-state index in [1.165, 1.54) is 7.11 Å². The fourth-order valence-electron chi connectivity index (χ4n) is 2.19. The van der Waals surface area contributed by atoms with Gasteiger partial charge in [-0.2, -0.15) is 0 Å². The fraction of sp³-hybridized carbons (Fsp3) is 0.417. The highest BCUT2D eigenvalue weighted by Crippen LogP contribution is 2.30. The van der Waals surface area contributed by atoms with Crippen LogP contribution >= 0.6 is 0 Å². The Morgan fingerprint density at radius 2 is 2.33 bits per heavy atom. The van der Waals surface area contributed by atoms with E-state index in [2.05, 4.69) is 0 Å². The van der Waals surface area contributed by atoms with E-state index in [9.17, 15) is 4.79 Å². The molecule has 3 nitrogen and oxygen atoms in total. The number of ether oxygens (including phenoxy) is 1. The third kappa shape index (κ3) is 1.75. The summed E-state index contributed by atoms with van der Waals surface area (Å²) in [6, 6.07) is 5.75. The summed E-state index contributed by atoms with van der Waals surface area (Å²) in [6.07, 6.45) is 2.97. The monoisotopic (exact) mass is 205 g/mol. The molecule has 1 aromatic rings. The number of esters is 1. The zero-order chi connectivity index (χ0) is 10.8. The number of methoxy groups -OCH3 is 1. The first-order valence-electron chi connectivity index (χ1n) is 5.19. The second kappa shape index (κ2) is 4.03. The van der Waals surface area contributed by atoms with Crippen LogP contribution in [0.2, 0.25) is 0 Å². The van der Waals surface area contributed by atoms with Crippen molar-refractivity contribution in [3.63, 3.8) is 0 Å². The highest BCUT2D eigenvalue weighted by Gasteiger charge is 2.21. The standard InChI is InChI=1S/C12H15NO2/c1-15-12(14)10-6-2-5-9-8(10)4-3-7-11(9)13/h2,5-6,11H,3-4,7,13H2,1H3/t11-/m1/s1. The van der Waals surface area contributed by atoms with Crippen LogP contribution in [0.25, 0.3) is 0 Å². The first-order chi connectivity index (χ1) is 7.24. The Labute approximate surface area is 89.2 Å². The Morgan fingerprint density at radius 1 is 1.53 bits per heavy atom. The second-order valence-corrected chi connectivity index (χ2v) is 3.86. The summed E-state index contributed by atoms with van der Waals surface area (Å²) in [5, 5.41) is 0. The molecule has 1 aliphatic rings. The Hall–Kier alpha value is -1.35. The van der Waals surface area contributed by atoms with Crippen LogP contribution in [0.3, 0.4) is 0 Å². The highest BCUT2D eigenvalue weighted by atomic mass is 16.5. The van der Waals surface area contributed by atoms with Gasteiger partial charge in [-0.1, -0.05) is 12.1 Å². The average molecular weight is 205 g/mol. The molecule has 80 valence electrons. The second-order valence-electron chi connectivity index (χ2n) is 3.86. The SMILES string of the molecule is COC(=O)c1cccc2c1CCC[C@H]2N. The Balaban J connectivity index is 2.49. The van der Waals surface area contributed by atoms with Crippen molar-refractivity contribution in [3.8, 4) is 0 Å². The number of fused-ring (bicyclic) bond motifs is 1. The summed E-state index contributed by atoms with van der Waals surface area (Å²) in [4.78, 5) is 11.5. The van der Waals surface area contributed by atoms with Gasteiger partial charge >= 0.3 is 5.97 Å². The van der Waals surface area contributed by atoms with Gasteiger partial charge in [-0.25, -0.2) is 4.79 Å². The van der Waals surface area contributed by atoms with Crippen LogP contribution < -0.4 is 5.73 Å². The van der Waals surface area contributed by atoms with Crippen LogP contribution in [0.4, 0.5) is 0 Å². The van der Waals surface area contributed by atoms with Gasteiger partial charge in [0.2, 0.25) is 0 Å². The minimum Gasteiger partial charge on any atom is -0.465 e. The van der Waals surface area contributed by atoms with Crippen LogP contribution in [-0.2, 0) is 11.2 Å². The molecular weight excluding hydrogens is 190 g/mol. The maximum Gasteiger partial charge on any atom is 0.338 e. The van der Waals surface area contributed by atoms with E-state index in [-0.39, 0.29) is 12.0 Å². The van der Waals surface area contributed by atoms with Gasteiger partial charge < -0.3 is 10.5 Å². The molecule has 0 heterocycles. The van der Waals surface area contributed by atoms with Gasteiger partial charge in [0.05, 0.1) is 12.7 Å². The molecule has 0 saturated heterocycles. The lowest BCUT2D eigenvalue weighted by Gasteiger charge is -2.23. The van der Waals surface area contributed by atoms with Gasteiger partial charge in [0.1, 0.15) is 0 Å². The third-order valence-electron chi connectivity index (χ3n) is 2.96. The van der Waals surface area contributed by atoms with Crippen molar-refractivity contribution in [2.24, 2.45) is 5.73 Å². The summed E-state index contributed by atoms with van der Waals surface area (Å²) < 4.78 is 4.76. The molecule has 0 unspecified atom stereocenters. The van der Waals surface area contributed by atoms with E-state index < -0.39 is 0 Å². The molecule has 2 N–H and O–H groups in total. The first kappa shape index (κ1) is 10.2. The van der Waals surface area contributed by atoms with E-state index in [1.54, 1.807) is 0 Å². The quantitative estimate of drug-likeness (QED) is 0.711. The largest absolute Gasteiger partial charge is 0.465 e. The fourth-order valence-corrected chi connectivity index (χ4v) is 2.19. The number of carbonyl (C=O) groups excluding carboxylic acids is 1. The Kier molecular flexibility index (Phi) is 2.73. The lowest BCUT2D eigenvalue weighted by molar-refractivity contribution is 0.0599. The number of carbonyl (C=O) groups is 1. The maximum absolute atomic E-state index is 11.5. The van der Waals surface area contributed by atoms with Gasteiger partial charge in [-0.3, -0.25) is 0 Å². The molecule has 0 fully saturated rings. The molecule has 0 bridgehead atoms. The van der Waals surface area contributed by atoms with Gasteiger partial charge in [0.25, 0.3) is 0 Å². The van der Waals surface area contributed by atoms with Crippen LogP contribution in [-0.4, -0.2) is 13.1 Å². The van der Waals surface area contributed by atoms with E-state index in [0.717, 1.165) is 30.4 Å². The number of hydrogen-bond donors (Lipinski definition) is 1. The molecule has 0 aromatic heterocycles. The zero-order valence-electron chi connectivity index (χ0n) is 8.82. The topological polar surface area (TPSA) is 52.3 Å². The van der Waals surface area contributed by atoms with Crippen LogP contribution in [0, 0.1) is 0 Å².